The maximum absolute atomic E-state index is 11.3. The Bertz CT molecular complexity index is 471. The molecule has 6 atom stereocenters. The number of hydrogen-bond donors (Lipinski definition) is 3. The molecule has 21 heavy (non-hydrogen) atoms. The molecule has 0 aromatic rings. The molecule has 0 heterocycles. The molecule has 3 rings (SSSR count). The van der Waals surface area contributed by atoms with Crippen molar-refractivity contribution in [1.29, 1.82) is 0 Å². The van der Waals surface area contributed by atoms with Crippen molar-refractivity contribution in [1.82, 2.24) is 0 Å². The molecular formula is C16H29O4P. The van der Waals surface area contributed by atoms with Crippen LogP contribution in [0.4, 0.5) is 0 Å². The van der Waals surface area contributed by atoms with Crippen molar-refractivity contribution in [3.63, 3.8) is 0 Å². The second-order valence-electron chi connectivity index (χ2n) is 8.66. The Balaban J connectivity index is 1.94. The second-order valence-corrected chi connectivity index (χ2v) is 10.4. The monoisotopic (exact) mass is 316 g/mol. The molecule has 3 saturated carbocycles. The minimum atomic E-state index is -4.16. The van der Waals surface area contributed by atoms with Crippen LogP contribution in [-0.4, -0.2) is 27.2 Å². The van der Waals surface area contributed by atoms with Gasteiger partial charge in [-0.3, -0.25) is 4.57 Å². The molecule has 4 nitrogen and oxygen atoms in total. The predicted octanol–water partition coefficient (Wildman–Crippen LogP) is 3.01. The summed E-state index contributed by atoms with van der Waals surface area (Å²) in [5.74, 6) is 1.74. The van der Waals surface area contributed by atoms with Gasteiger partial charge in [0, 0.05) is 0 Å². The van der Waals surface area contributed by atoms with Crippen LogP contribution < -0.4 is 0 Å². The van der Waals surface area contributed by atoms with Crippen LogP contribution in [-0.2, 0) is 4.57 Å². The topological polar surface area (TPSA) is 77.8 Å². The summed E-state index contributed by atoms with van der Waals surface area (Å²) in [6.45, 7) is 6.98. The van der Waals surface area contributed by atoms with Gasteiger partial charge in [0.25, 0.3) is 0 Å². The standard InChI is InChI=1S/C16H29O4P/c1-15(2)7-4-8-16(3)11-6-5-10(13(11)15)14(16)12(17)9-21(18,19)20/h10-14,17H,4-9H2,1-3H3,(H2,18,19,20)/t10-,11+,12-,13+,14+,16-/m0/s1. The third kappa shape index (κ3) is 2.43. The van der Waals surface area contributed by atoms with Gasteiger partial charge in [-0.15, -0.1) is 0 Å². The van der Waals surface area contributed by atoms with Crippen molar-refractivity contribution in [2.45, 2.75) is 59.0 Å². The van der Waals surface area contributed by atoms with Gasteiger partial charge in [0.1, 0.15) is 0 Å². The summed E-state index contributed by atoms with van der Waals surface area (Å²) in [5, 5.41) is 10.6. The van der Waals surface area contributed by atoms with E-state index in [9.17, 15) is 19.5 Å². The zero-order valence-corrected chi connectivity index (χ0v) is 14.2. The molecule has 0 aromatic heterocycles. The van der Waals surface area contributed by atoms with Crippen molar-refractivity contribution in [3.8, 4) is 0 Å². The summed E-state index contributed by atoms with van der Waals surface area (Å²) in [5.41, 5.74) is 0.357. The molecule has 0 amide bonds. The van der Waals surface area contributed by atoms with Crippen LogP contribution in [0.3, 0.4) is 0 Å². The van der Waals surface area contributed by atoms with E-state index in [0.29, 0.717) is 23.2 Å². The molecule has 4 bridgehead atoms. The highest BCUT2D eigenvalue weighted by Gasteiger charge is 2.66. The van der Waals surface area contributed by atoms with Crippen LogP contribution in [0.5, 0.6) is 0 Å². The zero-order chi connectivity index (χ0) is 15.6. The van der Waals surface area contributed by atoms with E-state index in [1.54, 1.807) is 0 Å². The van der Waals surface area contributed by atoms with Crippen molar-refractivity contribution in [2.75, 3.05) is 6.16 Å². The van der Waals surface area contributed by atoms with Crippen LogP contribution in [0, 0.1) is 34.5 Å². The number of aliphatic hydroxyl groups is 1. The molecule has 3 aliphatic carbocycles. The van der Waals surface area contributed by atoms with E-state index in [0.717, 1.165) is 12.8 Å². The van der Waals surface area contributed by atoms with Crippen LogP contribution in [0.1, 0.15) is 52.9 Å². The van der Waals surface area contributed by atoms with Gasteiger partial charge in [-0.05, 0) is 60.2 Å². The molecule has 3 N–H and O–H groups in total. The molecule has 0 aromatic carbocycles. The Morgan fingerprint density at radius 2 is 1.86 bits per heavy atom. The van der Waals surface area contributed by atoms with E-state index >= 15 is 0 Å². The fourth-order valence-electron chi connectivity index (χ4n) is 6.56. The summed E-state index contributed by atoms with van der Waals surface area (Å²) in [6.07, 6.45) is 4.62. The first-order chi connectivity index (χ1) is 9.56. The lowest BCUT2D eigenvalue weighted by Gasteiger charge is -2.44. The third-order valence-corrected chi connectivity index (χ3v) is 7.90. The Kier molecular flexibility index (Phi) is 3.65. The SMILES string of the molecule is CC1(C)CCC[C@]2(C)[C@@H]([C@@H](O)CP(=O)(O)O)[C@H]3CC[C@@H]2[C@@H]31. The van der Waals surface area contributed by atoms with Crippen LogP contribution in [0.15, 0.2) is 0 Å². The molecule has 0 saturated heterocycles. The van der Waals surface area contributed by atoms with Crippen LogP contribution in [0.25, 0.3) is 0 Å². The first kappa shape index (κ1) is 16.0. The maximum atomic E-state index is 11.3. The summed E-state index contributed by atoms with van der Waals surface area (Å²) in [4.78, 5) is 18.5. The lowest BCUT2D eigenvalue weighted by Crippen LogP contribution is -2.42. The Hall–Kier alpha value is 0.110. The molecule has 5 heteroatoms. The molecule has 0 aliphatic heterocycles. The molecule has 0 spiro atoms. The fourth-order valence-corrected chi connectivity index (χ4v) is 7.27. The normalized spacial score (nSPS) is 46.4. The van der Waals surface area contributed by atoms with Crippen molar-refractivity contribution < 1.29 is 19.5 Å². The highest BCUT2D eigenvalue weighted by Crippen LogP contribution is 2.71. The maximum Gasteiger partial charge on any atom is 0.328 e. The van der Waals surface area contributed by atoms with E-state index in [-0.39, 0.29) is 17.5 Å². The van der Waals surface area contributed by atoms with Gasteiger partial charge in [0.05, 0.1) is 12.3 Å². The molecule has 0 radical (unpaired) electrons. The summed E-state index contributed by atoms with van der Waals surface area (Å²) >= 11 is 0. The van der Waals surface area contributed by atoms with Gasteiger partial charge < -0.3 is 14.9 Å². The molecule has 3 fully saturated rings. The minimum Gasteiger partial charge on any atom is -0.392 e. The largest absolute Gasteiger partial charge is 0.392 e. The fraction of sp³-hybridized carbons (Fsp3) is 1.00. The average molecular weight is 316 g/mol. The van der Waals surface area contributed by atoms with Crippen LogP contribution >= 0.6 is 7.60 Å². The van der Waals surface area contributed by atoms with Crippen LogP contribution in [0.2, 0.25) is 0 Å². The Labute approximate surface area is 127 Å². The van der Waals surface area contributed by atoms with Crippen molar-refractivity contribution in [2.24, 2.45) is 34.5 Å². The van der Waals surface area contributed by atoms with Crippen molar-refractivity contribution >= 4 is 7.60 Å². The average Bonchev–Trinajstić information content (AvgIpc) is 2.76. The van der Waals surface area contributed by atoms with Crippen molar-refractivity contribution in [3.05, 3.63) is 0 Å². The van der Waals surface area contributed by atoms with Gasteiger partial charge in [-0.25, -0.2) is 0 Å². The smallest absolute Gasteiger partial charge is 0.328 e. The van der Waals surface area contributed by atoms with Gasteiger partial charge in [0.2, 0.25) is 0 Å². The van der Waals surface area contributed by atoms with E-state index < -0.39 is 13.7 Å². The molecule has 122 valence electrons. The Morgan fingerprint density at radius 3 is 2.48 bits per heavy atom. The second kappa shape index (κ2) is 4.80. The first-order valence-corrected chi connectivity index (χ1v) is 10.1. The van der Waals surface area contributed by atoms with E-state index in [1.807, 2.05) is 0 Å². The quantitative estimate of drug-likeness (QED) is 0.699. The van der Waals surface area contributed by atoms with E-state index in [1.165, 1.54) is 19.3 Å². The molecular weight excluding hydrogens is 287 g/mol. The summed E-state index contributed by atoms with van der Waals surface area (Å²) < 4.78 is 11.3. The van der Waals surface area contributed by atoms with Gasteiger partial charge in [-0.1, -0.05) is 27.2 Å². The van der Waals surface area contributed by atoms with Gasteiger partial charge in [-0.2, -0.15) is 0 Å². The molecule has 3 aliphatic rings. The number of aliphatic hydroxyl groups excluding tert-OH is 1. The lowest BCUT2D eigenvalue weighted by molar-refractivity contribution is -0.0118. The lowest BCUT2D eigenvalue weighted by atomic mass is 9.63. The van der Waals surface area contributed by atoms with Gasteiger partial charge in [0.15, 0.2) is 0 Å². The first-order valence-electron chi connectivity index (χ1n) is 8.29. The highest BCUT2D eigenvalue weighted by atomic mass is 31.2. The third-order valence-electron chi connectivity index (χ3n) is 7.05. The Morgan fingerprint density at radius 1 is 1.19 bits per heavy atom. The zero-order valence-electron chi connectivity index (χ0n) is 13.3. The van der Waals surface area contributed by atoms with Gasteiger partial charge >= 0.3 is 7.60 Å². The summed E-state index contributed by atoms with van der Waals surface area (Å²) in [7, 11) is -4.16. The number of rotatable bonds is 3. The minimum absolute atomic E-state index is 0.0634. The summed E-state index contributed by atoms with van der Waals surface area (Å²) in [6, 6.07) is 0. The highest BCUT2D eigenvalue weighted by molar-refractivity contribution is 7.51. The van der Waals surface area contributed by atoms with E-state index in [2.05, 4.69) is 20.8 Å². The number of hydrogen-bond acceptors (Lipinski definition) is 2. The molecule has 0 unspecified atom stereocenters. The van der Waals surface area contributed by atoms with E-state index in [4.69, 9.17) is 0 Å². The predicted molar refractivity (Wildman–Crippen MR) is 81.9 cm³/mol.